The van der Waals surface area contributed by atoms with Crippen LogP contribution in [0.5, 0.6) is 0 Å². The van der Waals surface area contributed by atoms with Gasteiger partial charge < -0.3 is 14.5 Å². The number of rotatable bonds is 8. The minimum Gasteiger partial charge on any atom is -0.453 e. The SMILES string of the molecule is CC(C)COCCCNC(C)c1ccc(Br)o1. The van der Waals surface area contributed by atoms with Crippen molar-refractivity contribution in [3.63, 3.8) is 0 Å². The molecule has 1 unspecified atom stereocenters. The molecule has 4 heteroatoms. The Labute approximate surface area is 112 Å². The van der Waals surface area contributed by atoms with Crippen molar-refractivity contribution in [3.05, 3.63) is 22.6 Å². The summed E-state index contributed by atoms with van der Waals surface area (Å²) in [6, 6.07) is 4.14. The van der Waals surface area contributed by atoms with Crippen LogP contribution in [0, 0.1) is 5.92 Å². The Morgan fingerprint density at radius 2 is 2.12 bits per heavy atom. The summed E-state index contributed by atoms with van der Waals surface area (Å²) < 4.78 is 11.8. The van der Waals surface area contributed by atoms with Crippen LogP contribution in [0.3, 0.4) is 0 Å². The molecule has 0 fully saturated rings. The Balaban J connectivity index is 2.06. The molecule has 17 heavy (non-hydrogen) atoms. The molecular weight excluding hydrogens is 282 g/mol. The molecule has 1 atom stereocenters. The first kappa shape index (κ1) is 14.7. The van der Waals surface area contributed by atoms with Gasteiger partial charge in [0.25, 0.3) is 0 Å². The molecule has 0 aliphatic rings. The summed E-state index contributed by atoms with van der Waals surface area (Å²) in [6.07, 6.45) is 1.03. The Bertz CT molecular complexity index is 312. The standard InChI is InChI=1S/C13H22BrNO2/c1-10(2)9-16-8-4-7-15-11(3)12-5-6-13(14)17-12/h5-6,10-11,15H,4,7-9H2,1-3H3. The molecule has 0 aliphatic carbocycles. The molecule has 0 bridgehead atoms. The Hall–Kier alpha value is -0.320. The van der Waals surface area contributed by atoms with Crippen molar-refractivity contribution < 1.29 is 9.15 Å². The highest BCUT2D eigenvalue weighted by atomic mass is 79.9. The van der Waals surface area contributed by atoms with E-state index >= 15 is 0 Å². The highest BCUT2D eigenvalue weighted by Gasteiger charge is 2.08. The first-order valence-corrected chi connectivity index (χ1v) is 6.95. The van der Waals surface area contributed by atoms with Gasteiger partial charge in [-0.15, -0.1) is 0 Å². The average Bonchev–Trinajstić information content (AvgIpc) is 2.69. The van der Waals surface area contributed by atoms with Crippen LogP contribution in [-0.2, 0) is 4.74 Å². The minimum absolute atomic E-state index is 0.242. The summed E-state index contributed by atoms with van der Waals surface area (Å²) in [4.78, 5) is 0. The van der Waals surface area contributed by atoms with Crippen LogP contribution in [0.25, 0.3) is 0 Å². The number of halogens is 1. The lowest BCUT2D eigenvalue weighted by molar-refractivity contribution is 0.107. The fraction of sp³-hybridized carbons (Fsp3) is 0.692. The van der Waals surface area contributed by atoms with E-state index in [1.807, 2.05) is 12.1 Å². The largest absolute Gasteiger partial charge is 0.453 e. The molecule has 0 aromatic carbocycles. The summed E-state index contributed by atoms with van der Waals surface area (Å²) in [6.45, 7) is 9.03. The number of hydrogen-bond donors (Lipinski definition) is 1. The zero-order chi connectivity index (χ0) is 12.7. The van der Waals surface area contributed by atoms with Gasteiger partial charge in [-0.25, -0.2) is 0 Å². The molecule has 98 valence electrons. The molecule has 1 N–H and O–H groups in total. The van der Waals surface area contributed by atoms with Crippen molar-refractivity contribution in [2.45, 2.75) is 33.2 Å². The Kier molecular flexibility index (Phi) is 6.85. The summed E-state index contributed by atoms with van der Waals surface area (Å²) in [7, 11) is 0. The topological polar surface area (TPSA) is 34.4 Å². The summed E-state index contributed by atoms with van der Waals surface area (Å²) in [5.41, 5.74) is 0. The van der Waals surface area contributed by atoms with Crippen molar-refractivity contribution in [2.75, 3.05) is 19.8 Å². The van der Waals surface area contributed by atoms with Crippen LogP contribution < -0.4 is 5.32 Å². The van der Waals surface area contributed by atoms with E-state index in [0.717, 1.165) is 36.6 Å². The second-order valence-corrected chi connectivity index (χ2v) is 5.42. The number of hydrogen-bond acceptors (Lipinski definition) is 3. The van der Waals surface area contributed by atoms with Crippen LogP contribution >= 0.6 is 15.9 Å². The van der Waals surface area contributed by atoms with Gasteiger partial charge in [0.2, 0.25) is 0 Å². The van der Waals surface area contributed by atoms with Gasteiger partial charge in [-0.1, -0.05) is 13.8 Å². The van der Waals surface area contributed by atoms with Crippen molar-refractivity contribution in [3.8, 4) is 0 Å². The number of nitrogens with one attached hydrogen (secondary N) is 1. The Morgan fingerprint density at radius 3 is 2.71 bits per heavy atom. The third-order valence-electron chi connectivity index (χ3n) is 2.39. The van der Waals surface area contributed by atoms with Gasteiger partial charge in [0, 0.05) is 13.2 Å². The molecule has 0 aliphatic heterocycles. The van der Waals surface area contributed by atoms with Crippen molar-refractivity contribution in [1.29, 1.82) is 0 Å². The zero-order valence-corrected chi connectivity index (χ0v) is 12.4. The van der Waals surface area contributed by atoms with Crippen LogP contribution in [0.2, 0.25) is 0 Å². The van der Waals surface area contributed by atoms with E-state index < -0.39 is 0 Å². The third-order valence-corrected chi connectivity index (χ3v) is 2.81. The molecule has 0 saturated heterocycles. The first-order chi connectivity index (χ1) is 8.09. The fourth-order valence-electron chi connectivity index (χ4n) is 1.47. The quantitative estimate of drug-likeness (QED) is 0.743. The third kappa shape index (κ3) is 6.24. The molecule has 3 nitrogen and oxygen atoms in total. The molecule has 0 radical (unpaired) electrons. The van der Waals surface area contributed by atoms with Gasteiger partial charge in [0.05, 0.1) is 6.04 Å². The lowest BCUT2D eigenvalue weighted by Crippen LogP contribution is -2.20. The molecule has 0 amide bonds. The van der Waals surface area contributed by atoms with E-state index in [1.165, 1.54) is 0 Å². The van der Waals surface area contributed by atoms with Crippen LogP contribution in [0.15, 0.2) is 21.2 Å². The average molecular weight is 304 g/mol. The maximum atomic E-state index is 5.52. The zero-order valence-electron chi connectivity index (χ0n) is 10.8. The van der Waals surface area contributed by atoms with Crippen LogP contribution in [0.1, 0.15) is 39.0 Å². The van der Waals surface area contributed by atoms with E-state index in [2.05, 4.69) is 42.0 Å². The maximum absolute atomic E-state index is 5.52. The van der Waals surface area contributed by atoms with Crippen LogP contribution in [-0.4, -0.2) is 19.8 Å². The highest BCUT2D eigenvalue weighted by Crippen LogP contribution is 2.19. The van der Waals surface area contributed by atoms with E-state index in [1.54, 1.807) is 0 Å². The second-order valence-electron chi connectivity index (χ2n) is 4.64. The van der Waals surface area contributed by atoms with Crippen molar-refractivity contribution >= 4 is 15.9 Å². The second kappa shape index (κ2) is 7.90. The van der Waals surface area contributed by atoms with Crippen molar-refractivity contribution in [2.24, 2.45) is 5.92 Å². The summed E-state index contributed by atoms with van der Waals surface area (Å²) in [5, 5.41) is 3.41. The molecule has 1 aromatic heterocycles. The lowest BCUT2D eigenvalue weighted by Gasteiger charge is -2.11. The number of furan rings is 1. The molecule has 0 saturated carbocycles. The maximum Gasteiger partial charge on any atom is 0.169 e. The van der Waals surface area contributed by atoms with Gasteiger partial charge in [0.15, 0.2) is 4.67 Å². The lowest BCUT2D eigenvalue weighted by atomic mass is 10.2. The predicted octanol–water partition coefficient (Wildman–Crippen LogP) is 3.76. The predicted molar refractivity (Wildman–Crippen MR) is 73.1 cm³/mol. The van der Waals surface area contributed by atoms with Crippen LogP contribution in [0.4, 0.5) is 0 Å². The molecule has 0 spiro atoms. The minimum atomic E-state index is 0.242. The van der Waals surface area contributed by atoms with E-state index in [4.69, 9.17) is 9.15 Å². The van der Waals surface area contributed by atoms with Crippen molar-refractivity contribution in [1.82, 2.24) is 5.32 Å². The molecule has 1 heterocycles. The highest BCUT2D eigenvalue weighted by molar-refractivity contribution is 9.10. The number of ether oxygens (including phenoxy) is 1. The smallest absolute Gasteiger partial charge is 0.169 e. The summed E-state index contributed by atoms with van der Waals surface area (Å²) >= 11 is 3.30. The molecular formula is C13H22BrNO2. The van der Waals surface area contributed by atoms with E-state index in [0.29, 0.717) is 5.92 Å². The summed E-state index contributed by atoms with van der Waals surface area (Å²) in [5.74, 6) is 1.57. The monoisotopic (exact) mass is 303 g/mol. The van der Waals surface area contributed by atoms with Gasteiger partial charge in [-0.2, -0.15) is 0 Å². The molecule has 1 aromatic rings. The van der Waals surface area contributed by atoms with Gasteiger partial charge in [-0.3, -0.25) is 0 Å². The van der Waals surface area contributed by atoms with Gasteiger partial charge in [-0.05, 0) is 53.9 Å². The Morgan fingerprint density at radius 1 is 1.35 bits per heavy atom. The normalized spacial score (nSPS) is 13.2. The fourth-order valence-corrected chi connectivity index (χ4v) is 1.79. The van der Waals surface area contributed by atoms with E-state index in [-0.39, 0.29) is 6.04 Å². The van der Waals surface area contributed by atoms with E-state index in [9.17, 15) is 0 Å². The van der Waals surface area contributed by atoms with Gasteiger partial charge in [0.1, 0.15) is 5.76 Å². The molecule has 1 rings (SSSR count). The first-order valence-electron chi connectivity index (χ1n) is 6.16. The van der Waals surface area contributed by atoms with Gasteiger partial charge >= 0.3 is 0 Å².